The Balaban J connectivity index is 2.64. The number of aromatic nitrogens is 2. The maximum absolute atomic E-state index is 5.69. The molecule has 1 heterocycles. The molecule has 17 heavy (non-hydrogen) atoms. The van der Waals surface area contributed by atoms with Gasteiger partial charge < -0.3 is 15.8 Å². The molecule has 0 bridgehead atoms. The first kappa shape index (κ1) is 13.7. The average Bonchev–Trinajstić information content (AvgIpc) is 2.33. The molecule has 1 unspecified atom stereocenters. The molecule has 1 rings (SSSR count). The fraction of sp³-hybridized carbons (Fsp3) is 0.667. The second-order valence-corrected chi connectivity index (χ2v) is 4.30. The number of nitrogens with two attached hydrogens (primary N) is 1. The molecule has 0 spiro atoms. The highest BCUT2D eigenvalue weighted by Gasteiger charge is 2.12. The third-order valence-electron chi connectivity index (χ3n) is 2.46. The lowest BCUT2D eigenvalue weighted by Gasteiger charge is -2.20. The predicted octanol–water partition coefficient (Wildman–Crippen LogP) is 1.66. The van der Waals surface area contributed by atoms with Gasteiger partial charge in [0.25, 0.3) is 0 Å². The second-order valence-electron chi connectivity index (χ2n) is 4.30. The van der Waals surface area contributed by atoms with Crippen molar-refractivity contribution >= 4 is 5.95 Å². The van der Waals surface area contributed by atoms with Crippen molar-refractivity contribution in [3.05, 3.63) is 12.3 Å². The summed E-state index contributed by atoms with van der Waals surface area (Å²) < 4.78 is 5.45. The van der Waals surface area contributed by atoms with Crippen molar-refractivity contribution in [1.82, 2.24) is 9.97 Å². The van der Waals surface area contributed by atoms with Gasteiger partial charge in [-0.2, -0.15) is 4.98 Å². The summed E-state index contributed by atoms with van der Waals surface area (Å²) in [6, 6.07) is 1.93. The third kappa shape index (κ3) is 4.56. The number of nitrogens with one attached hydrogen (secondary N) is 1. The highest BCUT2D eigenvalue weighted by atomic mass is 16.5. The zero-order valence-electron chi connectivity index (χ0n) is 10.8. The largest absolute Gasteiger partial charge is 0.478 e. The molecule has 5 heteroatoms. The van der Waals surface area contributed by atoms with Crippen LogP contribution in [0.25, 0.3) is 0 Å². The van der Waals surface area contributed by atoms with E-state index in [1.165, 1.54) is 0 Å². The summed E-state index contributed by atoms with van der Waals surface area (Å²) in [6.45, 7) is 7.51. The zero-order chi connectivity index (χ0) is 12.7. The molecule has 0 radical (unpaired) electrons. The van der Waals surface area contributed by atoms with Crippen LogP contribution in [-0.2, 0) is 0 Å². The van der Waals surface area contributed by atoms with Crippen LogP contribution in [-0.4, -0.2) is 29.2 Å². The summed E-state index contributed by atoms with van der Waals surface area (Å²) in [6.07, 6.45) is 2.65. The number of rotatable bonds is 7. The molecule has 0 aliphatic carbocycles. The number of ether oxygens (including phenoxy) is 1. The highest BCUT2D eigenvalue weighted by Crippen LogP contribution is 2.11. The maximum Gasteiger partial charge on any atom is 0.226 e. The van der Waals surface area contributed by atoms with Crippen LogP contribution >= 0.6 is 0 Å². The van der Waals surface area contributed by atoms with Gasteiger partial charge in [0, 0.05) is 24.8 Å². The molecule has 0 amide bonds. The number of nitrogens with zero attached hydrogens (tertiary/aromatic N) is 2. The van der Waals surface area contributed by atoms with E-state index in [0.717, 1.165) is 6.42 Å². The summed E-state index contributed by atoms with van der Waals surface area (Å²) in [5.41, 5.74) is 5.69. The highest BCUT2D eigenvalue weighted by molar-refractivity contribution is 5.29. The number of hydrogen-bond acceptors (Lipinski definition) is 5. The molecule has 0 fully saturated rings. The van der Waals surface area contributed by atoms with Crippen LogP contribution in [0, 0.1) is 5.92 Å². The predicted molar refractivity (Wildman–Crippen MR) is 69.1 cm³/mol. The van der Waals surface area contributed by atoms with Crippen molar-refractivity contribution in [3.8, 4) is 5.88 Å². The Morgan fingerprint density at radius 2 is 2.24 bits per heavy atom. The maximum atomic E-state index is 5.69. The molecule has 0 aromatic carbocycles. The first-order valence-electron chi connectivity index (χ1n) is 6.09. The van der Waals surface area contributed by atoms with Crippen molar-refractivity contribution in [2.45, 2.75) is 33.2 Å². The van der Waals surface area contributed by atoms with Crippen molar-refractivity contribution in [3.63, 3.8) is 0 Å². The first-order chi connectivity index (χ1) is 8.17. The molecule has 1 aromatic heterocycles. The molecule has 0 aliphatic rings. The van der Waals surface area contributed by atoms with Gasteiger partial charge in [-0.25, -0.2) is 4.98 Å². The van der Waals surface area contributed by atoms with Crippen LogP contribution in [0.3, 0.4) is 0 Å². The summed E-state index contributed by atoms with van der Waals surface area (Å²) in [5, 5.41) is 3.22. The van der Waals surface area contributed by atoms with E-state index in [2.05, 4.69) is 36.1 Å². The van der Waals surface area contributed by atoms with Crippen molar-refractivity contribution in [2.24, 2.45) is 11.7 Å². The Hall–Kier alpha value is -1.36. The van der Waals surface area contributed by atoms with Gasteiger partial charge in [0.05, 0.1) is 6.61 Å². The average molecular weight is 238 g/mol. The Bertz CT molecular complexity index is 330. The van der Waals surface area contributed by atoms with Gasteiger partial charge in [-0.15, -0.1) is 0 Å². The van der Waals surface area contributed by atoms with E-state index < -0.39 is 0 Å². The van der Waals surface area contributed by atoms with E-state index in [1.807, 2.05) is 0 Å². The number of hydrogen-bond donors (Lipinski definition) is 2. The molecular weight excluding hydrogens is 216 g/mol. The Morgan fingerprint density at radius 3 is 2.82 bits per heavy atom. The smallest absolute Gasteiger partial charge is 0.226 e. The lowest BCUT2D eigenvalue weighted by Crippen LogP contribution is -2.34. The zero-order valence-corrected chi connectivity index (χ0v) is 10.8. The quantitative estimate of drug-likeness (QED) is 0.755. The van der Waals surface area contributed by atoms with Crippen LogP contribution in [0.5, 0.6) is 5.88 Å². The molecule has 96 valence electrons. The second kappa shape index (κ2) is 7.06. The fourth-order valence-corrected chi connectivity index (χ4v) is 1.36. The molecule has 0 saturated heterocycles. The van der Waals surface area contributed by atoms with Crippen LogP contribution in [0.2, 0.25) is 0 Å². The Labute approximate surface area is 103 Å². The monoisotopic (exact) mass is 238 g/mol. The van der Waals surface area contributed by atoms with Gasteiger partial charge in [0.2, 0.25) is 11.8 Å². The van der Waals surface area contributed by atoms with E-state index in [9.17, 15) is 0 Å². The van der Waals surface area contributed by atoms with Crippen molar-refractivity contribution in [2.75, 3.05) is 18.5 Å². The van der Waals surface area contributed by atoms with Gasteiger partial charge in [-0.1, -0.05) is 20.8 Å². The minimum Gasteiger partial charge on any atom is -0.478 e. The Kier molecular flexibility index (Phi) is 5.69. The summed E-state index contributed by atoms with van der Waals surface area (Å²) in [5.74, 6) is 1.61. The fourth-order valence-electron chi connectivity index (χ4n) is 1.36. The molecular formula is C12H22N4O. The van der Waals surface area contributed by atoms with Crippen LogP contribution < -0.4 is 15.8 Å². The Morgan fingerprint density at radius 1 is 1.47 bits per heavy atom. The van der Waals surface area contributed by atoms with E-state index in [0.29, 0.717) is 30.9 Å². The minimum absolute atomic E-state index is 0.177. The van der Waals surface area contributed by atoms with E-state index in [1.54, 1.807) is 12.3 Å². The van der Waals surface area contributed by atoms with Crippen LogP contribution in [0.4, 0.5) is 5.95 Å². The summed E-state index contributed by atoms with van der Waals surface area (Å²) in [4.78, 5) is 8.44. The van der Waals surface area contributed by atoms with E-state index in [-0.39, 0.29) is 6.04 Å². The molecule has 3 N–H and O–H groups in total. The number of anilines is 1. The molecule has 1 aromatic rings. The standard InChI is InChI=1S/C12H22N4O/c1-4-7-17-11-5-6-14-12(16-11)15-10(8-13)9(2)3/h5-6,9-10H,4,7-8,13H2,1-3H3,(H,14,15,16). The van der Waals surface area contributed by atoms with Crippen LogP contribution in [0.15, 0.2) is 12.3 Å². The topological polar surface area (TPSA) is 73.1 Å². The minimum atomic E-state index is 0.177. The summed E-state index contributed by atoms with van der Waals surface area (Å²) >= 11 is 0. The van der Waals surface area contributed by atoms with Gasteiger partial charge >= 0.3 is 0 Å². The molecule has 0 aliphatic heterocycles. The molecule has 0 saturated carbocycles. The van der Waals surface area contributed by atoms with Gasteiger partial charge in [-0.05, 0) is 12.3 Å². The summed E-state index contributed by atoms with van der Waals surface area (Å²) in [7, 11) is 0. The van der Waals surface area contributed by atoms with E-state index >= 15 is 0 Å². The molecule has 1 atom stereocenters. The first-order valence-corrected chi connectivity index (χ1v) is 6.09. The molecule has 5 nitrogen and oxygen atoms in total. The van der Waals surface area contributed by atoms with Gasteiger partial charge in [-0.3, -0.25) is 0 Å². The van der Waals surface area contributed by atoms with Crippen LogP contribution in [0.1, 0.15) is 27.2 Å². The van der Waals surface area contributed by atoms with Crippen molar-refractivity contribution < 1.29 is 4.74 Å². The SMILES string of the molecule is CCCOc1ccnc(NC(CN)C(C)C)n1. The lowest BCUT2D eigenvalue weighted by atomic mass is 10.1. The van der Waals surface area contributed by atoms with Gasteiger partial charge in [0.1, 0.15) is 0 Å². The van der Waals surface area contributed by atoms with E-state index in [4.69, 9.17) is 10.5 Å². The van der Waals surface area contributed by atoms with Crippen molar-refractivity contribution in [1.29, 1.82) is 0 Å². The lowest BCUT2D eigenvalue weighted by molar-refractivity contribution is 0.305. The third-order valence-corrected chi connectivity index (χ3v) is 2.46. The normalized spacial score (nSPS) is 12.5. The van der Waals surface area contributed by atoms with Gasteiger partial charge in [0.15, 0.2) is 0 Å².